The molecule has 0 saturated carbocycles. The van der Waals surface area contributed by atoms with Gasteiger partial charge in [0.1, 0.15) is 11.0 Å². The van der Waals surface area contributed by atoms with Crippen molar-refractivity contribution < 1.29 is 33.3 Å². The van der Waals surface area contributed by atoms with Crippen LogP contribution in [0, 0.1) is 0 Å². The molecule has 0 radical (unpaired) electrons. The van der Waals surface area contributed by atoms with Crippen molar-refractivity contribution in [2.24, 2.45) is 4.99 Å². The highest BCUT2D eigenvalue weighted by Gasteiger charge is 2.36. The van der Waals surface area contributed by atoms with Crippen LogP contribution in [0.25, 0.3) is 0 Å². The number of amides is 2. The summed E-state index contributed by atoms with van der Waals surface area (Å²) in [5.41, 5.74) is 2.45. The van der Waals surface area contributed by atoms with Crippen LogP contribution in [0.2, 0.25) is 0 Å². The van der Waals surface area contributed by atoms with Gasteiger partial charge in [-0.25, -0.2) is 9.79 Å². The fraction of sp³-hybridized carbons (Fsp3) is 0.267. The molecule has 0 aliphatic carbocycles. The predicted molar refractivity (Wildman–Crippen MR) is 157 cm³/mol. The summed E-state index contributed by atoms with van der Waals surface area (Å²) in [6, 6.07) is 19.1. The van der Waals surface area contributed by atoms with Gasteiger partial charge in [-0.15, -0.1) is 0 Å². The number of hydrogen-bond acceptors (Lipinski definition) is 9. The molecule has 1 aliphatic rings. The van der Waals surface area contributed by atoms with Crippen LogP contribution in [0.15, 0.2) is 71.7 Å². The third kappa shape index (κ3) is 7.37. The number of amidine groups is 1. The Morgan fingerprint density at radius 1 is 0.927 bits per heavy atom. The van der Waals surface area contributed by atoms with Gasteiger partial charge >= 0.3 is 5.97 Å². The van der Waals surface area contributed by atoms with Crippen molar-refractivity contribution in [3.63, 3.8) is 0 Å². The number of hydrogen-bond donors (Lipinski definition) is 1. The number of thioether (sulfide) groups is 1. The van der Waals surface area contributed by atoms with E-state index < -0.39 is 11.2 Å². The number of ether oxygens (including phenoxy) is 4. The van der Waals surface area contributed by atoms with Crippen molar-refractivity contribution in [2.75, 3.05) is 40.3 Å². The third-order valence-electron chi connectivity index (χ3n) is 6.37. The van der Waals surface area contributed by atoms with Crippen molar-refractivity contribution in [1.29, 1.82) is 0 Å². The average molecular weight is 578 g/mol. The molecule has 41 heavy (non-hydrogen) atoms. The van der Waals surface area contributed by atoms with Gasteiger partial charge in [0, 0.05) is 18.7 Å². The second-order valence-electron chi connectivity index (χ2n) is 8.95. The number of nitrogens with zero attached hydrogens (tertiary/aromatic N) is 2. The van der Waals surface area contributed by atoms with Crippen molar-refractivity contribution in [3.8, 4) is 17.2 Å². The fourth-order valence-corrected chi connectivity index (χ4v) is 5.26. The van der Waals surface area contributed by atoms with E-state index in [1.165, 1.54) is 18.9 Å². The Kier molecular flexibility index (Phi) is 9.86. The number of rotatable bonds is 10. The first-order valence-electron chi connectivity index (χ1n) is 12.7. The lowest BCUT2D eigenvalue weighted by atomic mass is 10.1. The molecule has 3 aromatic rings. The minimum atomic E-state index is -0.697. The summed E-state index contributed by atoms with van der Waals surface area (Å²) in [4.78, 5) is 44.6. The first-order chi connectivity index (χ1) is 19.8. The smallest absolute Gasteiger partial charge is 0.337 e. The summed E-state index contributed by atoms with van der Waals surface area (Å²) >= 11 is 1.23. The zero-order valence-corrected chi connectivity index (χ0v) is 24.0. The van der Waals surface area contributed by atoms with Gasteiger partial charge in [-0.3, -0.25) is 14.5 Å². The maximum atomic E-state index is 13.4. The van der Waals surface area contributed by atoms with E-state index in [1.807, 2.05) is 18.2 Å². The van der Waals surface area contributed by atoms with Crippen molar-refractivity contribution in [3.05, 3.63) is 77.9 Å². The number of benzene rings is 3. The van der Waals surface area contributed by atoms with Gasteiger partial charge in [-0.1, -0.05) is 17.8 Å². The van der Waals surface area contributed by atoms with E-state index in [2.05, 4.69) is 5.32 Å². The number of esters is 1. The van der Waals surface area contributed by atoms with Crippen molar-refractivity contribution in [1.82, 2.24) is 4.90 Å². The zero-order valence-electron chi connectivity index (χ0n) is 23.2. The van der Waals surface area contributed by atoms with Crippen LogP contribution in [0.3, 0.4) is 0 Å². The third-order valence-corrected chi connectivity index (χ3v) is 7.56. The van der Waals surface area contributed by atoms with Gasteiger partial charge in [0.15, 0.2) is 16.7 Å². The van der Waals surface area contributed by atoms with Crippen LogP contribution in [0.4, 0.5) is 11.4 Å². The molecule has 0 bridgehead atoms. The molecular formula is C30H31N3O7S. The van der Waals surface area contributed by atoms with Crippen LogP contribution in [0.1, 0.15) is 22.3 Å². The summed E-state index contributed by atoms with van der Waals surface area (Å²) in [5, 5.41) is 2.56. The topological polar surface area (TPSA) is 116 Å². The molecule has 0 aromatic heterocycles. The van der Waals surface area contributed by atoms with Gasteiger partial charge in [0.05, 0.1) is 39.7 Å². The maximum absolute atomic E-state index is 13.4. The summed E-state index contributed by atoms with van der Waals surface area (Å²) in [7, 11) is 6.04. The molecule has 1 fully saturated rings. The summed E-state index contributed by atoms with van der Waals surface area (Å²) in [6.45, 7) is 0.361. The second kappa shape index (κ2) is 13.7. The molecule has 1 heterocycles. The molecular weight excluding hydrogens is 546 g/mol. The van der Waals surface area contributed by atoms with Crippen LogP contribution in [0.5, 0.6) is 17.2 Å². The van der Waals surface area contributed by atoms with Gasteiger partial charge in [0.25, 0.3) is 0 Å². The summed E-state index contributed by atoms with van der Waals surface area (Å²) in [5.74, 6) is 0.893. The SMILES string of the molecule is COC(=O)c1ccc(NC(=O)C2CC(=O)N(CCc3ccc(OC)c(OC)c3)C(=Nc3ccc(OC)cc3)S2)cc1. The van der Waals surface area contributed by atoms with Gasteiger partial charge in [0.2, 0.25) is 11.8 Å². The fourth-order valence-electron chi connectivity index (χ4n) is 4.14. The van der Waals surface area contributed by atoms with Gasteiger partial charge in [-0.2, -0.15) is 0 Å². The molecule has 0 spiro atoms. The van der Waals surface area contributed by atoms with Crippen LogP contribution < -0.4 is 19.5 Å². The number of carbonyl (C=O) groups is 3. The number of carbonyl (C=O) groups excluding carboxylic acids is 3. The molecule has 10 nitrogen and oxygen atoms in total. The maximum Gasteiger partial charge on any atom is 0.337 e. The molecule has 4 rings (SSSR count). The Bertz CT molecular complexity index is 1430. The summed E-state index contributed by atoms with van der Waals surface area (Å²) in [6.07, 6.45) is 0.544. The standard InChI is InChI=1S/C30H31N3O7S/c1-37-23-12-10-22(11-13-23)32-30-33(16-15-19-5-14-24(38-2)25(17-19)39-3)27(34)18-26(41-30)28(35)31-21-8-6-20(7-9-21)29(36)40-4/h5-14,17,26H,15-16,18H2,1-4H3,(H,31,35). The van der Waals surface area contributed by atoms with E-state index in [4.69, 9.17) is 23.9 Å². The molecule has 11 heteroatoms. The van der Waals surface area contributed by atoms with Crippen LogP contribution >= 0.6 is 11.8 Å². The normalized spacial score (nSPS) is 15.8. The molecule has 3 aromatic carbocycles. The largest absolute Gasteiger partial charge is 0.497 e. The Balaban J connectivity index is 1.54. The van der Waals surface area contributed by atoms with Crippen LogP contribution in [-0.4, -0.2) is 68.1 Å². The molecule has 1 aliphatic heterocycles. The first-order valence-corrected chi connectivity index (χ1v) is 13.6. The predicted octanol–water partition coefficient (Wildman–Crippen LogP) is 4.70. The highest BCUT2D eigenvalue weighted by Crippen LogP contribution is 2.32. The second-order valence-corrected chi connectivity index (χ2v) is 10.1. The Morgan fingerprint density at radius 3 is 2.27 bits per heavy atom. The number of aliphatic imine (C=N–C) groups is 1. The van der Waals surface area contributed by atoms with E-state index in [-0.39, 0.29) is 18.2 Å². The highest BCUT2D eigenvalue weighted by atomic mass is 32.2. The lowest BCUT2D eigenvalue weighted by molar-refractivity contribution is -0.129. The van der Waals surface area contributed by atoms with E-state index in [0.29, 0.717) is 52.3 Å². The monoisotopic (exact) mass is 577 g/mol. The Hall–Kier alpha value is -4.51. The molecule has 1 atom stereocenters. The quantitative estimate of drug-likeness (QED) is 0.345. The lowest BCUT2D eigenvalue weighted by Gasteiger charge is -2.32. The van der Waals surface area contributed by atoms with E-state index in [9.17, 15) is 14.4 Å². The lowest BCUT2D eigenvalue weighted by Crippen LogP contribution is -2.46. The number of nitrogens with one attached hydrogen (secondary N) is 1. The zero-order chi connectivity index (χ0) is 29.4. The molecule has 214 valence electrons. The minimum absolute atomic E-state index is 0.00428. The Morgan fingerprint density at radius 2 is 1.63 bits per heavy atom. The first kappa shape index (κ1) is 29.5. The van der Waals surface area contributed by atoms with E-state index in [1.54, 1.807) is 74.8 Å². The summed E-state index contributed by atoms with van der Waals surface area (Å²) < 4.78 is 20.7. The van der Waals surface area contributed by atoms with Gasteiger partial charge < -0.3 is 24.3 Å². The number of methoxy groups -OCH3 is 4. The highest BCUT2D eigenvalue weighted by molar-refractivity contribution is 8.15. The van der Waals surface area contributed by atoms with Crippen LogP contribution in [-0.2, 0) is 20.7 Å². The minimum Gasteiger partial charge on any atom is -0.497 e. The average Bonchev–Trinajstić information content (AvgIpc) is 3.00. The Labute approximate surface area is 242 Å². The molecule has 1 saturated heterocycles. The van der Waals surface area contributed by atoms with E-state index >= 15 is 0 Å². The van der Waals surface area contributed by atoms with Crippen molar-refractivity contribution in [2.45, 2.75) is 18.1 Å². The van der Waals surface area contributed by atoms with Crippen molar-refractivity contribution >= 4 is 46.1 Å². The number of anilines is 1. The molecule has 1 unspecified atom stereocenters. The molecule has 1 N–H and O–H groups in total. The van der Waals surface area contributed by atoms with Gasteiger partial charge in [-0.05, 0) is 72.6 Å². The van der Waals surface area contributed by atoms with E-state index in [0.717, 1.165) is 5.56 Å². The molecule has 2 amide bonds.